The van der Waals surface area contributed by atoms with Crippen LogP contribution in [0.5, 0.6) is 11.6 Å². The molecule has 0 bridgehead atoms. The first-order valence-electron chi connectivity index (χ1n) is 11.7. The van der Waals surface area contributed by atoms with E-state index in [0.29, 0.717) is 25.5 Å². The predicted octanol–water partition coefficient (Wildman–Crippen LogP) is 3.81. The highest BCUT2D eigenvalue weighted by Crippen LogP contribution is 2.34. The third kappa shape index (κ3) is 5.19. The van der Waals surface area contributed by atoms with Gasteiger partial charge in [0.1, 0.15) is 23.7 Å². The first-order chi connectivity index (χ1) is 17.1. The van der Waals surface area contributed by atoms with Crippen LogP contribution in [-0.4, -0.2) is 48.8 Å². The van der Waals surface area contributed by atoms with Crippen molar-refractivity contribution in [2.45, 2.75) is 32.0 Å². The molecule has 0 saturated carbocycles. The van der Waals surface area contributed by atoms with Crippen LogP contribution < -0.4 is 19.7 Å². The van der Waals surface area contributed by atoms with Gasteiger partial charge in [-0.15, -0.1) is 0 Å². The van der Waals surface area contributed by atoms with Gasteiger partial charge in [0.25, 0.3) is 5.91 Å². The van der Waals surface area contributed by atoms with E-state index in [9.17, 15) is 9.18 Å². The fourth-order valence-electron chi connectivity index (χ4n) is 4.31. The predicted molar refractivity (Wildman–Crippen MR) is 128 cm³/mol. The number of benzene rings is 2. The van der Waals surface area contributed by atoms with Crippen LogP contribution in [0, 0.1) is 5.82 Å². The molecule has 1 atom stereocenters. The molecule has 35 heavy (non-hydrogen) atoms. The number of halogens is 1. The Morgan fingerprint density at radius 3 is 2.89 bits per heavy atom. The standard InChI is InChI=1S/C26H27FN4O4/c1-33-20-7-4-17(5-8-20)16-35-25-22(24(32)28-14-21-3-2-12-34-21)15-29-26(30-25)31-11-10-18-13-19(27)6-9-23(18)31/h4-9,13,15,21H,2-3,10-12,14,16H2,1H3,(H,28,32). The van der Waals surface area contributed by atoms with Crippen molar-refractivity contribution in [3.05, 3.63) is 71.2 Å². The number of carbonyl (C=O) groups is 1. The maximum absolute atomic E-state index is 13.7. The van der Waals surface area contributed by atoms with E-state index in [1.807, 2.05) is 29.2 Å². The van der Waals surface area contributed by atoms with Crippen molar-refractivity contribution < 1.29 is 23.4 Å². The summed E-state index contributed by atoms with van der Waals surface area (Å²) in [5.41, 5.74) is 2.90. The summed E-state index contributed by atoms with van der Waals surface area (Å²) in [6.07, 6.45) is 4.10. The van der Waals surface area contributed by atoms with Crippen molar-refractivity contribution in [2.24, 2.45) is 0 Å². The molecule has 2 aliphatic rings. The van der Waals surface area contributed by atoms with E-state index in [1.165, 1.54) is 18.3 Å². The number of aromatic nitrogens is 2. The van der Waals surface area contributed by atoms with Gasteiger partial charge in [-0.3, -0.25) is 4.79 Å². The van der Waals surface area contributed by atoms with Crippen LogP contribution in [0.4, 0.5) is 16.0 Å². The lowest BCUT2D eigenvalue weighted by molar-refractivity contribution is 0.0853. The molecule has 0 radical (unpaired) electrons. The minimum Gasteiger partial charge on any atom is -0.497 e. The summed E-state index contributed by atoms with van der Waals surface area (Å²) in [6.45, 7) is 1.97. The molecule has 0 spiro atoms. The Bertz CT molecular complexity index is 1200. The molecule has 5 rings (SSSR count). The molecule has 1 saturated heterocycles. The van der Waals surface area contributed by atoms with E-state index in [0.717, 1.165) is 42.0 Å². The zero-order chi connectivity index (χ0) is 24.2. The van der Waals surface area contributed by atoms with Gasteiger partial charge in [-0.2, -0.15) is 4.98 Å². The van der Waals surface area contributed by atoms with Gasteiger partial charge in [-0.05, 0) is 60.7 Å². The first kappa shape index (κ1) is 23.0. The Morgan fingerprint density at radius 1 is 1.26 bits per heavy atom. The number of anilines is 2. The average Bonchev–Trinajstić information content (AvgIpc) is 3.56. The molecule has 1 N–H and O–H groups in total. The fraction of sp³-hybridized carbons (Fsp3) is 0.346. The van der Waals surface area contributed by atoms with Crippen molar-refractivity contribution in [1.82, 2.24) is 15.3 Å². The van der Waals surface area contributed by atoms with Crippen LogP contribution in [0.3, 0.4) is 0 Å². The molecule has 2 aliphatic heterocycles. The molecule has 3 aromatic rings. The van der Waals surface area contributed by atoms with E-state index in [1.54, 1.807) is 13.2 Å². The zero-order valence-electron chi connectivity index (χ0n) is 19.5. The molecule has 1 amide bonds. The van der Waals surface area contributed by atoms with Crippen LogP contribution in [0.15, 0.2) is 48.7 Å². The largest absolute Gasteiger partial charge is 0.497 e. The molecule has 9 heteroatoms. The highest BCUT2D eigenvalue weighted by molar-refractivity contribution is 5.96. The number of fused-ring (bicyclic) bond motifs is 1. The lowest BCUT2D eigenvalue weighted by atomic mass is 10.2. The van der Waals surface area contributed by atoms with Crippen molar-refractivity contribution in [1.29, 1.82) is 0 Å². The van der Waals surface area contributed by atoms with Gasteiger partial charge in [0, 0.05) is 31.6 Å². The van der Waals surface area contributed by atoms with Crippen molar-refractivity contribution in [2.75, 3.05) is 31.7 Å². The molecule has 1 aromatic heterocycles. The van der Waals surface area contributed by atoms with Crippen molar-refractivity contribution >= 4 is 17.5 Å². The van der Waals surface area contributed by atoms with Crippen LogP contribution in [0.1, 0.15) is 34.3 Å². The Labute approximate surface area is 203 Å². The summed E-state index contributed by atoms with van der Waals surface area (Å²) in [7, 11) is 1.61. The number of hydrogen-bond acceptors (Lipinski definition) is 7. The van der Waals surface area contributed by atoms with Gasteiger partial charge in [-0.25, -0.2) is 9.37 Å². The number of hydrogen-bond donors (Lipinski definition) is 1. The molecular formula is C26H27FN4O4. The zero-order valence-corrected chi connectivity index (χ0v) is 19.5. The number of nitrogens with zero attached hydrogens (tertiary/aromatic N) is 3. The van der Waals surface area contributed by atoms with Gasteiger partial charge >= 0.3 is 0 Å². The lowest BCUT2D eigenvalue weighted by Gasteiger charge is -2.19. The van der Waals surface area contributed by atoms with Gasteiger partial charge in [0.15, 0.2) is 0 Å². The average molecular weight is 479 g/mol. The van der Waals surface area contributed by atoms with Crippen LogP contribution in [-0.2, 0) is 17.8 Å². The maximum atomic E-state index is 13.7. The van der Waals surface area contributed by atoms with Gasteiger partial charge < -0.3 is 24.4 Å². The minimum atomic E-state index is -0.319. The van der Waals surface area contributed by atoms with Crippen LogP contribution in [0.2, 0.25) is 0 Å². The Kier molecular flexibility index (Phi) is 6.76. The number of amides is 1. The van der Waals surface area contributed by atoms with E-state index >= 15 is 0 Å². The second-order valence-electron chi connectivity index (χ2n) is 8.55. The summed E-state index contributed by atoms with van der Waals surface area (Å²) >= 11 is 0. The Hall–Kier alpha value is -3.72. The monoisotopic (exact) mass is 478 g/mol. The van der Waals surface area contributed by atoms with Crippen LogP contribution >= 0.6 is 0 Å². The van der Waals surface area contributed by atoms with E-state index < -0.39 is 0 Å². The molecule has 182 valence electrons. The van der Waals surface area contributed by atoms with E-state index in [-0.39, 0.29) is 35.9 Å². The van der Waals surface area contributed by atoms with Gasteiger partial charge in [-0.1, -0.05) is 12.1 Å². The Balaban J connectivity index is 1.39. The maximum Gasteiger partial charge on any atom is 0.258 e. The fourth-order valence-corrected chi connectivity index (χ4v) is 4.31. The quantitative estimate of drug-likeness (QED) is 0.527. The summed E-state index contributed by atoms with van der Waals surface area (Å²) < 4.78 is 30.5. The summed E-state index contributed by atoms with van der Waals surface area (Å²) in [6, 6.07) is 12.2. The topological polar surface area (TPSA) is 85.8 Å². The van der Waals surface area contributed by atoms with Crippen LogP contribution in [0.25, 0.3) is 0 Å². The van der Waals surface area contributed by atoms with Crippen molar-refractivity contribution in [3.63, 3.8) is 0 Å². The smallest absolute Gasteiger partial charge is 0.258 e. The number of carbonyl (C=O) groups excluding carboxylic acids is 1. The second-order valence-corrected chi connectivity index (χ2v) is 8.55. The molecule has 2 aromatic carbocycles. The number of nitrogens with one attached hydrogen (secondary N) is 1. The summed E-state index contributed by atoms with van der Waals surface area (Å²) in [5, 5.41) is 2.91. The molecule has 1 fully saturated rings. The number of methoxy groups -OCH3 is 1. The first-order valence-corrected chi connectivity index (χ1v) is 11.7. The minimum absolute atomic E-state index is 0.0179. The van der Waals surface area contributed by atoms with Gasteiger partial charge in [0.2, 0.25) is 11.8 Å². The van der Waals surface area contributed by atoms with E-state index in [2.05, 4.69) is 15.3 Å². The van der Waals surface area contributed by atoms with Crippen molar-refractivity contribution in [3.8, 4) is 11.6 Å². The lowest BCUT2D eigenvalue weighted by Crippen LogP contribution is -2.32. The molecule has 0 aliphatic carbocycles. The third-order valence-electron chi connectivity index (χ3n) is 6.21. The van der Waals surface area contributed by atoms with E-state index in [4.69, 9.17) is 14.2 Å². The molecular weight excluding hydrogens is 451 g/mol. The molecule has 3 heterocycles. The molecule has 8 nitrogen and oxygen atoms in total. The number of rotatable bonds is 8. The molecule has 1 unspecified atom stereocenters. The Morgan fingerprint density at radius 2 is 2.11 bits per heavy atom. The number of ether oxygens (including phenoxy) is 3. The summed E-state index contributed by atoms with van der Waals surface area (Å²) in [5.74, 6) is 0.743. The third-order valence-corrected chi connectivity index (χ3v) is 6.21. The SMILES string of the molecule is COc1ccc(COc2nc(N3CCc4cc(F)ccc43)ncc2C(=O)NCC2CCCO2)cc1. The summed E-state index contributed by atoms with van der Waals surface area (Å²) in [4.78, 5) is 24.0. The normalized spacial score (nSPS) is 16.7. The highest BCUT2D eigenvalue weighted by atomic mass is 19.1. The van der Waals surface area contributed by atoms with Gasteiger partial charge in [0.05, 0.1) is 13.2 Å². The second kappa shape index (κ2) is 10.3. The highest BCUT2D eigenvalue weighted by Gasteiger charge is 2.26.